The number of allylic oxidation sites excluding steroid dienone is 2. The van der Waals surface area contributed by atoms with Gasteiger partial charge in [-0.25, -0.2) is 0 Å². The second-order valence-corrected chi connectivity index (χ2v) is 6.88. The van der Waals surface area contributed by atoms with Crippen molar-refractivity contribution in [3.63, 3.8) is 0 Å². The molecule has 0 saturated heterocycles. The van der Waals surface area contributed by atoms with Crippen molar-refractivity contribution in [3.05, 3.63) is 53.0 Å². The highest BCUT2D eigenvalue weighted by Crippen LogP contribution is 2.29. The molecule has 1 aliphatic rings. The Balaban J connectivity index is 2.37. The first-order chi connectivity index (χ1) is 12.0. The summed E-state index contributed by atoms with van der Waals surface area (Å²) in [7, 11) is 0. The van der Waals surface area contributed by atoms with Crippen molar-refractivity contribution in [1.29, 1.82) is 0 Å². The molecular formula is C22H33N2O. The van der Waals surface area contributed by atoms with E-state index in [1.165, 1.54) is 16.8 Å². The van der Waals surface area contributed by atoms with Gasteiger partial charge in [0.25, 0.3) is 0 Å². The van der Waals surface area contributed by atoms with Gasteiger partial charge in [0.05, 0.1) is 6.10 Å². The molecule has 1 aliphatic heterocycles. The molecule has 1 aromatic heterocycles. The first kappa shape index (κ1) is 19.6. The average Bonchev–Trinajstić information content (AvgIpc) is 2.65. The van der Waals surface area contributed by atoms with Crippen molar-refractivity contribution in [1.82, 2.24) is 10.3 Å². The van der Waals surface area contributed by atoms with Crippen LogP contribution < -0.4 is 5.32 Å². The Hall–Kier alpha value is -1.77. The van der Waals surface area contributed by atoms with Crippen LogP contribution >= 0.6 is 0 Å². The van der Waals surface area contributed by atoms with Crippen LogP contribution in [0.25, 0.3) is 5.70 Å². The van der Waals surface area contributed by atoms with Crippen molar-refractivity contribution in [2.45, 2.75) is 79.2 Å². The van der Waals surface area contributed by atoms with Crippen molar-refractivity contribution in [2.24, 2.45) is 0 Å². The van der Waals surface area contributed by atoms with Crippen LogP contribution in [0.4, 0.5) is 0 Å². The molecular weight excluding hydrogens is 308 g/mol. The molecule has 3 nitrogen and oxygen atoms in total. The topological polar surface area (TPSA) is 34.2 Å². The fourth-order valence-electron chi connectivity index (χ4n) is 3.10. The summed E-state index contributed by atoms with van der Waals surface area (Å²) >= 11 is 0. The van der Waals surface area contributed by atoms with E-state index in [1.807, 2.05) is 6.54 Å². The van der Waals surface area contributed by atoms with Gasteiger partial charge in [0.1, 0.15) is 12.3 Å². The first-order valence-electron chi connectivity index (χ1n) is 9.75. The lowest BCUT2D eigenvalue weighted by atomic mass is 9.97. The molecule has 2 rings (SSSR count). The smallest absolute Gasteiger partial charge is 0.122 e. The first-order valence-corrected chi connectivity index (χ1v) is 9.75. The van der Waals surface area contributed by atoms with E-state index < -0.39 is 0 Å². The quantitative estimate of drug-likeness (QED) is 0.654. The maximum absolute atomic E-state index is 6.11. The summed E-state index contributed by atoms with van der Waals surface area (Å²) < 4.78 is 6.11. The standard InChI is InChI=1S/C22H33N2O/c1-7-16-13-18(25-17(8-2)9-3)14-23-22(16)19-11-12-21(15(5)6)24-20(19)10-4/h11-15,17,23H,7-10H2,1-6H3. The summed E-state index contributed by atoms with van der Waals surface area (Å²) in [5.74, 6) is 1.38. The molecule has 0 aliphatic carbocycles. The van der Waals surface area contributed by atoms with E-state index in [0.717, 1.165) is 42.8 Å². The van der Waals surface area contributed by atoms with Crippen LogP contribution in [0.15, 0.2) is 29.5 Å². The lowest BCUT2D eigenvalue weighted by Gasteiger charge is -2.26. The third-order valence-electron chi connectivity index (χ3n) is 4.78. The molecule has 0 unspecified atom stereocenters. The minimum Gasteiger partial charge on any atom is -0.493 e. The molecule has 0 bridgehead atoms. The highest BCUT2D eigenvalue weighted by atomic mass is 16.5. The molecule has 1 radical (unpaired) electrons. The third kappa shape index (κ3) is 4.65. The molecule has 0 aromatic carbocycles. The minimum absolute atomic E-state index is 0.280. The number of dihydropyridines is 1. The summed E-state index contributed by atoms with van der Waals surface area (Å²) in [6.07, 6.45) is 6.41. The highest BCUT2D eigenvalue weighted by molar-refractivity contribution is 5.73. The summed E-state index contributed by atoms with van der Waals surface area (Å²) in [5, 5.41) is 3.48. The Morgan fingerprint density at radius 3 is 2.32 bits per heavy atom. The van der Waals surface area contributed by atoms with E-state index in [2.05, 4.69) is 65.1 Å². The second kappa shape index (κ2) is 9.07. The van der Waals surface area contributed by atoms with Gasteiger partial charge in [-0.3, -0.25) is 4.98 Å². The summed E-state index contributed by atoms with van der Waals surface area (Å²) in [4.78, 5) is 4.89. The van der Waals surface area contributed by atoms with Crippen LogP contribution in [0.1, 0.15) is 83.7 Å². The zero-order valence-electron chi connectivity index (χ0n) is 16.6. The van der Waals surface area contributed by atoms with Crippen LogP contribution in [0, 0.1) is 6.54 Å². The summed E-state index contributed by atoms with van der Waals surface area (Å²) in [6, 6.07) is 4.37. The van der Waals surface area contributed by atoms with Gasteiger partial charge < -0.3 is 10.1 Å². The highest BCUT2D eigenvalue weighted by Gasteiger charge is 2.19. The molecule has 3 heteroatoms. The lowest BCUT2D eigenvalue weighted by Crippen LogP contribution is -2.21. The van der Waals surface area contributed by atoms with Crippen molar-refractivity contribution >= 4 is 5.70 Å². The zero-order valence-corrected chi connectivity index (χ0v) is 16.6. The normalized spacial score (nSPS) is 14.8. The molecule has 2 heterocycles. The molecule has 0 fully saturated rings. The fourth-order valence-corrected chi connectivity index (χ4v) is 3.10. The molecule has 25 heavy (non-hydrogen) atoms. The van der Waals surface area contributed by atoms with Crippen LogP contribution in [0.5, 0.6) is 0 Å². The lowest BCUT2D eigenvalue weighted by molar-refractivity contribution is 0.112. The van der Waals surface area contributed by atoms with E-state index in [1.54, 1.807) is 0 Å². The molecule has 137 valence electrons. The predicted octanol–water partition coefficient (Wildman–Crippen LogP) is 5.74. The average molecular weight is 342 g/mol. The number of nitrogens with one attached hydrogen (secondary N) is 1. The number of ether oxygens (including phenoxy) is 1. The second-order valence-electron chi connectivity index (χ2n) is 6.88. The van der Waals surface area contributed by atoms with Crippen molar-refractivity contribution < 1.29 is 4.74 Å². The Morgan fingerprint density at radius 1 is 1.04 bits per heavy atom. The van der Waals surface area contributed by atoms with E-state index in [0.29, 0.717) is 5.92 Å². The van der Waals surface area contributed by atoms with Gasteiger partial charge in [-0.2, -0.15) is 0 Å². The molecule has 0 amide bonds. The van der Waals surface area contributed by atoms with Crippen molar-refractivity contribution in [2.75, 3.05) is 0 Å². The van der Waals surface area contributed by atoms with Crippen LogP contribution in [0.2, 0.25) is 0 Å². The van der Waals surface area contributed by atoms with Crippen LogP contribution in [-0.2, 0) is 11.2 Å². The van der Waals surface area contributed by atoms with E-state index >= 15 is 0 Å². The largest absolute Gasteiger partial charge is 0.493 e. The summed E-state index contributed by atoms with van der Waals surface area (Å²) in [6.45, 7) is 15.1. The van der Waals surface area contributed by atoms with E-state index in [4.69, 9.17) is 9.72 Å². The van der Waals surface area contributed by atoms with Crippen molar-refractivity contribution in [3.8, 4) is 0 Å². The van der Waals surface area contributed by atoms with Crippen LogP contribution in [0.3, 0.4) is 0 Å². The number of hydrogen-bond acceptors (Lipinski definition) is 3. The Kier molecular flexibility index (Phi) is 7.10. The molecule has 1 aromatic rings. The molecule has 1 N–H and O–H groups in total. The summed E-state index contributed by atoms with van der Waals surface area (Å²) in [5.41, 5.74) is 5.97. The monoisotopic (exact) mass is 341 g/mol. The number of aryl methyl sites for hydroxylation is 1. The van der Waals surface area contributed by atoms with Gasteiger partial charge in [0.2, 0.25) is 0 Å². The number of aromatic nitrogens is 1. The van der Waals surface area contributed by atoms with Gasteiger partial charge in [0, 0.05) is 22.6 Å². The van der Waals surface area contributed by atoms with Crippen LogP contribution in [-0.4, -0.2) is 11.1 Å². The Labute approximate surface area is 153 Å². The third-order valence-corrected chi connectivity index (χ3v) is 4.78. The van der Waals surface area contributed by atoms with Gasteiger partial charge in [0.15, 0.2) is 0 Å². The van der Waals surface area contributed by atoms with E-state index in [9.17, 15) is 0 Å². The Bertz CT molecular complexity index is 639. The number of pyridine rings is 1. The van der Waals surface area contributed by atoms with E-state index in [-0.39, 0.29) is 6.10 Å². The van der Waals surface area contributed by atoms with Gasteiger partial charge in [-0.15, -0.1) is 0 Å². The fraction of sp³-hybridized carbons (Fsp3) is 0.545. The molecule has 0 spiro atoms. The molecule has 0 saturated carbocycles. The van der Waals surface area contributed by atoms with Gasteiger partial charge in [-0.1, -0.05) is 41.5 Å². The maximum Gasteiger partial charge on any atom is 0.122 e. The maximum atomic E-state index is 6.11. The number of hydrogen-bond donors (Lipinski definition) is 1. The number of rotatable bonds is 8. The minimum atomic E-state index is 0.280. The SMILES string of the molecule is CCC1=C(c2ccc(C(C)C)nc2CC)N[CH]C(OC(CC)CC)=C1. The van der Waals surface area contributed by atoms with Gasteiger partial charge >= 0.3 is 0 Å². The number of nitrogens with zero attached hydrogens (tertiary/aromatic N) is 1. The predicted molar refractivity (Wildman–Crippen MR) is 106 cm³/mol. The Morgan fingerprint density at radius 2 is 1.76 bits per heavy atom. The van der Waals surface area contributed by atoms with Gasteiger partial charge in [-0.05, 0) is 55.4 Å². The molecule has 0 atom stereocenters. The zero-order chi connectivity index (χ0) is 18.4.